The molecule has 0 spiro atoms. The molecule has 0 radical (unpaired) electrons. The number of carboxylic acid groups (broad SMARTS) is 3. The van der Waals surface area contributed by atoms with Gasteiger partial charge in [-0.15, -0.1) is 0 Å². The standard InChI is InChI=1S/C21H15F2N3O5.C18H13ClF3N3O5.C16H21N3O5/c22-13-3-1-11(2-4-13)10-25-21(31)18(20(30)24-9-17(27)28)19(29)16-8-12-7-14(23)5-6-15(12)26(16)25;19-10-5-11-14(26)12(15(27)13(23)17(29)30)16(28)25(24(11)7-10)6-8-1-3-9(4-2-8)18(20,21)22;1-2-3-4-5-8-19-16(24)13(15(23)17-10-12(20)21)14(22)11-7-6-9-18(11)19/h1-8,29H,9-10H2,(H,24,30)(H,27,28);1-5,7,13,26H,6,23H2,(H,29,30);6-7,9,22H,2-5,8,10H2,1H3,(H,17,23)(H,20,21). The van der Waals surface area contributed by atoms with E-state index in [4.69, 9.17) is 32.7 Å². The summed E-state index contributed by atoms with van der Waals surface area (Å²) in [7, 11) is 0. The number of halogens is 6. The van der Waals surface area contributed by atoms with E-state index in [1.807, 2.05) is 0 Å². The summed E-state index contributed by atoms with van der Waals surface area (Å²) < 4.78 is 72.7. The summed E-state index contributed by atoms with van der Waals surface area (Å²) in [6.45, 7) is 0.707. The predicted octanol–water partition coefficient (Wildman–Crippen LogP) is 5.42. The molecule has 24 nitrogen and oxygen atoms in total. The summed E-state index contributed by atoms with van der Waals surface area (Å²) in [5, 5.41) is 62.3. The van der Waals surface area contributed by atoms with E-state index in [1.165, 1.54) is 74.5 Å². The summed E-state index contributed by atoms with van der Waals surface area (Å²) in [6.07, 6.45) is 2.17. The number of aryl methyl sites for hydroxylation is 1. The van der Waals surface area contributed by atoms with Crippen LogP contribution < -0.4 is 33.0 Å². The van der Waals surface area contributed by atoms with E-state index < -0.39 is 129 Å². The Morgan fingerprint density at radius 1 is 0.612 bits per heavy atom. The number of rotatable bonds is 18. The lowest BCUT2D eigenvalue weighted by atomic mass is 10.1. The first kappa shape index (κ1) is 62.3. The molecule has 0 saturated heterocycles. The van der Waals surface area contributed by atoms with E-state index in [1.54, 1.807) is 18.3 Å². The second-order valence-corrected chi connectivity index (χ2v) is 19.1. The summed E-state index contributed by atoms with van der Waals surface area (Å²) >= 11 is 5.92. The van der Waals surface area contributed by atoms with Gasteiger partial charge in [-0.05, 0) is 84.3 Å². The number of aromatic hydroxyl groups is 3. The Kier molecular flexibility index (Phi) is 19.0. The van der Waals surface area contributed by atoms with Crippen molar-refractivity contribution in [3.05, 3.63) is 184 Å². The first-order chi connectivity index (χ1) is 40.1. The van der Waals surface area contributed by atoms with Crippen molar-refractivity contribution in [3.63, 3.8) is 0 Å². The maximum absolute atomic E-state index is 13.7. The number of unbranched alkanes of at least 4 members (excludes halogenated alkanes) is 3. The molecule has 6 heterocycles. The fourth-order valence-corrected chi connectivity index (χ4v) is 9.04. The van der Waals surface area contributed by atoms with Crippen LogP contribution in [0.15, 0.2) is 118 Å². The lowest BCUT2D eigenvalue weighted by molar-refractivity contribution is -0.138. The van der Waals surface area contributed by atoms with Gasteiger partial charge in [0.15, 0.2) is 29.1 Å². The van der Waals surface area contributed by atoms with Gasteiger partial charge < -0.3 is 47.0 Å². The number of hydrogen-bond acceptors (Lipinski definition) is 13. The van der Waals surface area contributed by atoms with E-state index in [9.17, 15) is 80.4 Å². The van der Waals surface area contributed by atoms with Crippen LogP contribution in [0.4, 0.5) is 22.0 Å². The van der Waals surface area contributed by atoms with Gasteiger partial charge in [0.2, 0.25) is 0 Å². The van der Waals surface area contributed by atoms with Crippen molar-refractivity contribution in [3.8, 4) is 17.2 Å². The Morgan fingerprint density at radius 2 is 1.14 bits per heavy atom. The van der Waals surface area contributed by atoms with Gasteiger partial charge in [-0.3, -0.25) is 52.2 Å². The van der Waals surface area contributed by atoms with E-state index >= 15 is 0 Å². The maximum atomic E-state index is 13.7. The van der Waals surface area contributed by atoms with Crippen molar-refractivity contribution in [2.75, 3.05) is 13.1 Å². The molecular weight excluding hydrogens is 1160 g/mol. The second-order valence-electron chi connectivity index (χ2n) is 18.7. The van der Waals surface area contributed by atoms with Gasteiger partial charge in [0.1, 0.15) is 58.0 Å². The number of alkyl halides is 3. The third kappa shape index (κ3) is 13.6. The smallest absolute Gasteiger partial charge is 0.416 e. The molecule has 3 aromatic carbocycles. The van der Waals surface area contributed by atoms with Gasteiger partial charge in [-0.2, -0.15) is 13.2 Å². The number of carboxylic acids is 3. The zero-order valence-corrected chi connectivity index (χ0v) is 44.9. The molecule has 0 aliphatic carbocycles. The fourth-order valence-electron chi connectivity index (χ4n) is 8.84. The average Bonchev–Trinajstić information content (AvgIpc) is 2.06. The molecule has 0 aliphatic rings. The molecule has 2 amide bonds. The van der Waals surface area contributed by atoms with Crippen molar-refractivity contribution in [2.45, 2.75) is 64.5 Å². The van der Waals surface area contributed by atoms with Crippen molar-refractivity contribution in [1.82, 2.24) is 38.2 Å². The summed E-state index contributed by atoms with van der Waals surface area (Å²) in [6, 6.07) is 16.9. The van der Waals surface area contributed by atoms with Gasteiger partial charge in [0, 0.05) is 24.3 Å². The highest BCUT2D eigenvalue weighted by Gasteiger charge is 2.33. The first-order valence-corrected chi connectivity index (χ1v) is 25.6. The number of amides is 2. The number of carbonyl (C=O) groups excluding carboxylic acids is 3. The van der Waals surface area contributed by atoms with Crippen molar-refractivity contribution in [2.24, 2.45) is 5.73 Å². The van der Waals surface area contributed by atoms with Gasteiger partial charge in [-0.1, -0.05) is 62.1 Å². The number of benzene rings is 3. The molecule has 6 aromatic heterocycles. The van der Waals surface area contributed by atoms with E-state index in [0.29, 0.717) is 28.5 Å². The summed E-state index contributed by atoms with van der Waals surface area (Å²) in [4.78, 5) is 108. The molecular formula is C55H49ClF5N9O15. The van der Waals surface area contributed by atoms with Gasteiger partial charge in [0.05, 0.1) is 29.2 Å². The number of hydrogen-bond donors (Lipinski definition) is 9. The molecule has 1 atom stereocenters. The highest BCUT2D eigenvalue weighted by molar-refractivity contribution is 6.31. The summed E-state index contributed by atoms with van der Waals surface area (Å²) in [5.41, 5.74) is 1.28. The minimum atomic E-state index is -4.54. The normalized spacial score (nSPS) is 11.7. The Morgan fingerprint density at radius 3 is 1.71 bits per heavy atom. The third-order valence-corrected chi connectivity index (χ3v) is 13.1. The monoisotopic (exact) mass is 1210 g/mol. The van der Waals surface area contributed by atoms with Crippen LogP contribution >= 0.6 is 11.6 Å². The van der Waals surface area contributed by atoms with Gasteiger partial charge in [-0.25, -0.2) is 27.3 Å². The molecule has 0 fully saturated rings. The SMILES string of the molecule is CCCCCCn1c(=O)c(C(=O)NCC(=O)O)c(O)c2cccn21.NC(C(=O)O)C(=O)c1c(O)c2cc(Cl)cn2n(Cc2ccc(C(F)(F)F)cc2)c1=O.O=C(O)CNC(=O)c1c(O)c2cc3cc(F)ccc3n2n(Cc2ccc(F)cc2)c1=O. The van der Waals surface area contributed by atoms with Crippen molar-refractivity contribution in [1.29, 1.82) is 0 Å². The van der Waals surface area contributed by atoms with Gasteiger partial charge in [0.25, 0.3) is 28.5 Å². The van der Waals surface area contributed by atoms with E-state index in [2.05, 4.69) is 17.6 Å². The molecule has 9 rings (SSSR count). The maximum Gasteiger partial charge on any atom is 0.416 e. The highest BCUT2D eigenvalue weighted by atomic mass is 35.5. The predicted molar refractivity (Wildman–Crippen MR) is 293 cm³/mol. The van der Waals surface area contributed by atoms with Crippen LogP contribution in [0.2, 0.25) is 5.02 Å². The van der Waals surface area contributed by atoms with Crippen LogP contribution in [-0.4, -0.2) is 113 Å². The number of aliphatic carboxylic acids is 3. The summed E-state index contributed by atoms with van der Waals surface area (Å²) in [5.74, 6) is -10.5. The lowest BCUT2D eigenvalue weighted by Gasteiger charge is -2.15. The van der Waals surface area contributed by atoms with Crippen LogP contribution in [0.25, 0.3) is 27.5 Å². The molecule has 30 heteroatoms. The number of aromatic nitrogens is 6. The Hall–Kier alpha value is -10.3. The third-order valence-electron chi connectivity index (χ3n) is 12.9. The number of fused-ring (bicyclic) bond motifs is 5. The van der Waals surface area contributed by atoms with E-state index in [0.717, 1.165) is 63.8 Å². The number of nitrogens with zero attached hydrogens (tertiary/aromatic N) is 6. The number of ketones is 1. The number of carbonyl (C=O) groups is 6. The molecule has 10 N–H and O–H groups in total. The van der Waals surface area contributed by atoms with E-state index in [-0.39, 0.29) is 34.7 Å². The molecule has 85 heavy (non-hydrogen) atoms. The zero-order chi connectivity index (χ0) is 62.4. The fraction of sp³-hybridized carbons (Fsp3) is 0.218. The quantitative estimate of drug-likeness (QED) is 0.0224. The minimum Gasteiger partial charge on any atom is -0.505 e. The van der Waals surface area contributed by atoms with Crippen molar-refractivity contribution >= 4 is 74.6 Å². The molecule has 9 aromatic rings. The Labute approximate surface area is 477 Å². The van der Waals surface area contributed by atoms with Crippen LogP contribution in [0.5, 0.6) is 17.2 Å². The number of Topliss-reactive ketones (excluding diaryl/α,β-unsaturated/α-hetero) is 1. The molecule has 0 aliphatic heterocycles. The van der Waals surface area contributed by atoms with Crippen LogP contribution in [0.1, 0.15) is 80.4 Å². The van der Waals surface area contributed by atoms with Crippen molar-refractivity contribution < 1.29 is 81.4 Å². The van der Waals surface area contributed by atoms with Gasteiger partial charge >= 0.3 is 24.1 Å². The largest absolute Gasteiger partial charge is 0.505 e. The molecule has 0 saturated carbocycles. The molecule has 446 valence electrons. The average molecular weight is 1210 g/mol. The topological polar surface area (TPSA) is 353 Å². The van der Waals surface area contributed by atoms with Crippen LogP contribution in [0.3, 0.4) is 0 Å². The van der Waals surface area contributed by atoms with Crippen LogP contribution in [-0.2, 0) is 40.2 Å². The zero-order valence-electron chi connectivity index (χ0n) is 44.1. The Bertz CT molecular complexity index is 4280. The molecule has 1 unspecified atom stereocenters. The highest BCUT2D eigenvalue weighted by Crippen LogP contribution is 2.32. The van der Waals surface area contributed by atoms with Crippen LogP contribution in [0, 0.1) is 11.6 Å². The first-order valence-electron chi connectivity index (χ1n) is 25.2. The second kappa shape index (κ2) is 25.9. The number of nitrogens with two attached hydrogens (primary N) is 1. The lowest BCUT2D eigenvalue weighted by Crippen LogP contribution is -2.42. The number of nitrogens with one attached hydrogen (secondary N) is 2. The molecule has 0 bridgehead atoms. The minimum absolute atomic E-state index is 0.0442. The Balaban J connectivity index is 0.000000184.